The molecule has 28 heavy (non-hydrogen) atoms. The van der Waals surface area contributed by atoms with Gasteiger partial charge in [0.1, 0.15) is 5.52 Å². The highest BCUT2D eigenvalue weighted by molar-refractivity contribution is 5.99. The molecule has 0 aliphatic carbocycles. The van der Waals surface area contributed by atoms with Gasteiger partial charge in [-0.25, -0.2) is 14.5 Å². The van der Waals surface area contributed by atoms with Crippen molar-refractivity contribution in [2.75, 3.05) is 5.73 Å². The second-order valence-electron chi connectivity index (χ2n) is 6.14. The Morgan fingerprint density at radius 2 is 1.96 bits per heavy atom. The second kappa shape index (κ2) is 7.32. The van der Waals surface area contributed by atoms with Crippen LogP contribution in [0.15, 0.2) is 72.1 Å². The average Bonchev–Trinajstić information content (AvgIpc) is 3.05. The average molecular weight is 371 g/mol. The Hall–Kier alpha value is -4.00. The van der Waals surface area contributed by atoms with Gasteiger partial charge in [-0.2, -0.15) is 5.10 Å². The first kappa shape index (κ1) is 17.4. The molecule has 4 aromatic rings. The van der Waals surface area contributed by atoms with Gasteiger partial charge in [-0.3, -0.25) is 4.98 Å². The van der Waals surface area contributed by atoms with E-state index in [1.54, 1.807) is 42.9 Å². The second-order valence-corrected chi connectivity index (χ2v) is 6.14. The van der Waals surface area contributed by atoms with Crippen LogP contribution in [0.3, 0.4) is 0 Å². The van der Waals surface area contributed by atoms with E-state index in [1.165, 1.54) is 4.68 Å². The van der Waals surface area contributed by atoms with Crippen molar-refractivity contribution in [1.29, 1.82) is 0 Å². The van der Waals surface area contributed by atoms with E-state index in [0.29, 0.717) is 22.4 Å². The van der Waals surface area contributed by atoms with Crippen LogP contribution in [0.4, 0.5) is 5.95 Å². The Kier molecular flexibility index (Phi) is 4.55. The molecule has 2 aromatic carbocycles. The fourth-order valence-electron chi connectivity index (χ4n) is 2.79. The van der Waals surface area contributed by atoms with Gasteiger partial charge in [0.15, 0.2) is 5.75 Å². The van der Waals surface area contributed by atoms with Crippen LogP contribution in [0.1, 0.15) is 21.6 Å². The van der Waals surface area contributed by atoms with Crippen molar-refractivity contribution < 1.29 is 9.53 Å². The van der Waals surface area contributed by atoms with Crippen molar-refractivity contribution in [3.63, 3.8) is 0 Å². The van der Waals surface area contributed by atoms with Crippen LogP contribution in [0.5, 0.6) is 5.75 Å². The summed E-state index contributed by atoms with van der Waals surface area (Å²) in [4.78, 5) is 21.1. The van der Waals surface area contributed by atoms with E-state index in [0.717, 1.165) is 11.1 Å². The number of carbonyl (C=O) groups excluding carboxylic acids is 1. The number of pyridine rings is 1. The highest BCUT2D eigenvalue weighted by Gasteiger charge is 2.15. The number of anilines is 1. The number of hydrogen-bond donors (Lipinski definition) is 1. The Bertz CT molecular complexity index is 1180. The minimum Gasteiger partial charge on any atom is -0.420 e. The largest absolute Gasteiger partial charge is 0.420 e. The first-order chi connectivity index (χ1) is 13.6. The number of imidazole rings is 1. The van der Waals surface area contributed by atoms with Crippen LogP contribution in [0, 0.1) is 6.92 Å². The molecule has 0 spiro atoms. The lowest BCUT2D eigenvalue weighted by molar-refractivity contribution is 0.0736. The molecule has 138 valence electrons. The van der Waals surface area contributed by atoms with Gasteiger partial charge in [0.25, 0.3) is 0 Å². The Balaban J connectivity index is 1.77. The Morgan fingerprint density at radius 3 is 2.71 bits per heavy atom. The van der Waals surface area contributed by atoms with E-state index in [4.69, 9.17) is 10.5 Å². The van der Waals surface area contributed by atoms with E-state index in [-0.39, 0.29) is 5.95 Å². The predicted octanol–water partition coefficient (Wildman–Crippen LogP) is 3.42. The number of fused-ring (bicyclic) bond motifs is 1. The number of nitrogen functional groups attached to an aromatic ring is 1. The molecule has 0 amide bonds. The van der Waals surface area contributed by atoms with Gasteiger partial charge in [0, 0.05) is 17.1 Å². The number of carbonyl (C=O) groups is 1. The molecule has 0 unspecified atom stereocenters. The highest BCUT2D eigenvalue weighted by Crippen LogP contribution is 2.28. The summed E-state index contributed by atoms with van der Waals surface area (Å²) >= 11 is 0. The number of aromatic nitrogens is 3. The quantitative estimate of drug-likeness (QED) is 0.337. The molecule has 0 atom stereocenters. The summed E-state index contributed by atoms with van der Waals surface area (Å²) in [7, 11) is 0. The van der Waals surface area contributed by atoms with Crippen molar-refractivity contribution in [3.8, 4) is 5.75 Å². The summed E-state index contributed by atoms with van der Waals surface area (Å²) in [5.74, 6) is 0.146. The summed E-state index contributed by atoms with van der Waals surface area (Å²) in [5.41, 5.74) is 8.21. The summed E-state index contributed by atoms with van der Waals surface area (Å²) in [6, 6.07) is 16.2. The number of nitrogens with two attached hydrogens (primary N) is 1. The lowest BCUT2D eigenvalue weighted by Gasteiger charge is -2.10. The van der Waals surface area contributed by atoms with E-state index >= 15 is 0 Å². The molecule has 0 aliphatic heterocycles. The molecule has 0 radical (unpaired) electrons. The van der Waals surface area contributed by atoms with Gasteiger partial charge in [0.05, 0.1) is 23.7 Å². The van der Waals surface area contributed by atoms with E-state index in [1.807, 2.05) is 37.3 Å². The van der Waals surface area contributed by atoms with Gasteiger partial charge in [-0.1, -0.05) is 30.3 Å². The van der Waals surface area contributed by atoms with Crippen LogP contribution >= 0.6 is 0 Å². The molecule has 0 saturated heterocycles. The Morgan fingerprint density at radius 1 is 1.14 bits per heavy atom. The van der Waals surface area contributed by atoms with Crippen LogP contribution < -0.4 is 10.5 Å². The monoisotopic (exact) mass is 371 g/mol. The number of aryl methyl sites for hydroxylation is 1. The number of benzene rings is 2. The Labute approximate surface area is 161 Å². The molecule has 7 nitrogen and oxygen atoms in total. The number of ether oxygens (including phenoxy) is 1. The summed E-state index contributed by atoms with van der Waals surface area (Å²) in [6.45, 7) is 1.83. The maximum Gasteiger partial charge on any atom is 0.343 e. The minimum atomic E-state index is -0.466. The fourth-order valence-corrected chi connectivity index (χ4v) is 2.79. The molecule has 4 rings (SSSR count). The van der Waals surface area contributed by atoms with E-state index < -0.39 is 5.97 Å². The third-order valence-electron chi connectivity index (χ3n) is 4.12. The minimum absolute atomic E-state index is 0.274. The van der Waals surface area contributed by atoms with Crippen molar-refractivity contribution in [2.45, 2.75) is 6.92 Å². The first-order valence-corrected chi connectivity index (χ1v) is 8.62. The number of esters is 1. The van der Waals surface area contributed by atoms with Gasteiger partial charge in [-0.15, -0.1) is 0 Å². The molecule has 0 fully saturated rings. The van der Waals surface area contributed by atoms with Crippen molar-refractivity contribution >= 4 is 29.0 Å². The predicted molar refractivity (Wildman–Crippen MR) is 108 cm³/mol. The van der Waals surface area contributed by atoms with Crippen LogP contribution in [-0.2, 0) is 0 Å². The normalized spacial score (nSPS) is 11.2. The number of nitrogens with zero attached hydrogens (tertiary/aromatic N) is 4. The van der Waals surface area contributed by atoms with E-state index in [9.17, 15) is 4.79 Å². The third-order valence-corrected chi connectivity index (χ3v) is 4.12. The SMILES string of the molecule is Cc1cn(N=Cc2ccc3cccnc3c2OC(=O)c2ccccc2)c(N)n1. The zero-order chi connectivity index (χ0) is 19.5. The molecule has 0 aliphatic rings. The lowest BCUT2D eigenvalue weighted by atomic mass is 10.1. The molecule has 7 heteroatoms. The van der Waals surface area contributed by atoms with Gasteiger partial charge in [-0.05, 0) is 31.2 Å². The van der Waals surface area contributed by atoms with Crippen molar-refractivity contribution in [1.82, 2.24) is 14.6 Å². The summed E-state index contributed by atoms with van der Waals surface area (Å²) in [5, 5.41) is 5.18. The fraction of sp³-hybridized carbons (Fsp3) is 0.0476. The van der Waals surface area contributed by atoms with Gasteiger partial charge >= 0.3 is 5.97 Å². The summed E-state index contributed by atoms with van der Waals surface area (Å²) in [6.07, 6.45) is 4.93. The van der Waals surface area contributed by atoms with Crippen molar-refractivity contribution in [2.24, 2.45) is 5.10 Å². The standard InChI is InChI=1S/C21H17N5O2/c1-14-13-26(21(22)25-14)24-12-17-10-9-15-8-5-11-23-18(15)19(17)28-20(27)16-6-3-2-4-7-16/h2-13H,1H3,(H2,22,25). The molecular formula is C21H17N5O2. The van der Waals surface area contributed by atoms with Crippen LogP contribution in [0.2, 0.25) is 0 Å². The maximum atomic E-state index is 12.6. The third kappa shape index (κ3) is 3.45. The molecule has 0 saturated carbocycles. The van der Waals surface area contributed by atoms with Gasteiger partial charge < -0.3 is 10.5 Å². The highest BCUT2D eigenvalue weighted by atomic mass is 16.5. The lowest BCUT2D eigenvalue weighted by Crippen LogP contribution is -2.10. The molecule has 2 aromatic heterocycles. The van der Waals surface area contributed by atoms with Crippen LogP contribution in [-0.4, -0.2) is 26.8 Å². The smallest absolute Gasteiger partial charge is 0.343 e. The molecular weight excluding hydrogens is 354 g/mol. The summed E-state index contributed by atoms with van der Waals surface area (Å²) < 4.78 is 7.18. The zero-order valence-electron chi connectivity index (χ0n) is 15.1. The zero-order valence-corrected chi connectivity index (χ0v) is 15.1. The molecule has 2 heterocycles. The van der Waals surface area contributed by atoms with Crippen molar-refractivity contribution in [3.05, 3.63) is 83.8 Å². The number of hydrogen-bond acceptors (Lipinski definition) is 6. The van der Waals surface area contributed by atoms with E-state index in [2.05, 4.69) is 15.1 Å². The van der Waals surface area contributed by atoms with Crippen LogP contribution in [0.25, 0.3) is 10.9 Å². The molecule has 2 N–H and O–H groups in total. The van der Waals surface area contributed by atoms with Gasteiger partial charge in [0.2, 0.25) is 5.95 Å². The molecule has 0 bridgehead atoms. The number of rotatable bonds is 4. The maximum absolute atomic E-state index is 12.6. The first-order valence-electron chi connectivity index (χ1n) is 8.62. The topological polar surface area (TPSA) is 95.4 Å².